The first kappa shape index (κ1) is 14.0. The van der Waals surface area contributed by atoms with Crippen molar-refractivity contribution in [3.05, 3.63) is 34.9 Å². The Kier molecular flexibility index (Phi) is 4.97. The zero-order chi connectivity index (χ0) is 12.9. The minimum Gasteiger partial charge on any atom is -0.359 e. The fourth-order valence-corrected chi connectivity index (χ4v) is 1.77. The molecule has 17 heavy (non-hydrogen) atoms. The van der Waals surface area contributed by atoms with Crippen LogP contribution in [-0.2, 0) is 11.3 Å². The number of amides is 1. The Morgan fingerprint density at radius 2 is 2.00 bits per heavy atom. The zero-order valence-corrected chi connectivity index (χ0v) is 11.3. The van der Waals surface area contributed by atoms with Gasteiger partial charge in [-0.2, -0.15) is 0 Å². The second kappa shape index (κ2) is 6.03. The molecule has 0 atom stereocenters. The summed E-state index contributed by atoms with van der Waals surface area (Å²) in [6.07, 6.45) is 0. The van der Waals surface area contributed by atoms with Gasteiger partial charge in [-0.3, -0.25) is 4.79 Å². The molecule has 0 unspecified atom stereocenters. The van der Waals surface area contributed by atoms with Crippen molar-refractivity contribution in [1.82, 2.24) is 10.6 Å². The van der Waals surface area contributed by atoms with Crippen LogP contribution < -0.4 is 10.6 Å². The van der Waals surface area contributed by atoms with Crippen LogP contribution in [0.5, 0.6) is 0 Å². The molecule has 4 heteroatoms. The van der Waals surface area contributed by atoms with E-state index in [-0.39, 0.29) is 5.91 Å². The highest BCUT2D eigenvalue weighted by atomic mass is 35.5. The molecule has 0 aromatic heterocycles. The third kappa shape index (κ3) is 4.02. The van der Waals surface area contributed by atoms with Gasteiger partial charge >= 0.3 is 0 Å². The molecule has 0 fully saturated rings. The highest BCUT2D eigenvalue weighted by molar-refractivity contribution is 6.31. The first-order valence-electron chi connectivity index (χ1n) is 5.63. The van der Waals surface area contributed by atoms with Crippen molar-refractivity contribution in [2.75, 3.05) is 13.6 Å². The van der Waals surface area contributed by atoms with E-state index in [1.807, 2.05) is 38.1 Å². The Morgan fingerprint density at radius 1 is 1.35 bits per heavy atom. The van der Waals surface area contributed by atoms with Gasteiger partial charge in [-0.15, -0.1) is 0 Å². The van der Waals surface area contributed by atoms with Crippen LogP contribution in [0.2, 0.25) is 5.02 Å². The van der Waals surface area contributed by atoms with Crippen LogP contribution in [-0.4, -0.2) is 19.5 Å². The molecule has 1 aromatic rings. The molecule has 1 rings (SSSR count). The molecule has 0 saturated carbocycles. The molecule has 0 aliphatic carbocycles. The minimum atomic E-state index is -0.421. The van der Waals surface area contributed by atoms with Crippen molar-refractivity contribution in [2.45, 2.75) is 20.4 Å². The fraction of sp³-hybridized carbons (Fsp3) is 0.462. The van der Waals surface area contributed by atoms with Crippen molar-refractivity contribution < 1.29 is 4.79 Å². The number of rotatable bonds is 5. The predicted molar refractivity (Wildman–Crippen MR) is 71.0 cm³/mol. The summed E-state index contributed by atoms with van der Waals surface area (Å²) in [7, 11) is 1.65. The fourth-order valence-electron chi connectivity index (χ4n) is 1.57. The average molecular weight is 255 g/mol. The molecule has 0 spiro atoms. The van der Waals surface area contributed by atoms with Gasteiger partial charge in [-0.05, 0) is 25.5 Å². The third-order valence-corrected chi connectivity index (χ3v) is 3.05. The highest BCUT2D eigenvalue weighted by Gasteiger charge is 2.25. The van der Waals surface area contributed by atoms with Crippen molar-refractivity contribution in [1.29, 1.82) is 0 Å². The number of carbonyl (C=O) groups excluding carboxylic acids is 1. The van der Waals surface area contributed by atoms with Crippen LogP contribution in [0.4, 0.5) is 0 Å². The smallest absolute Gasteiger partial charge is 0.226 e. The normalized spacial score (nSPS) is 11.3. The molecule has 2 N–H and O–H groups in total. The molecule has 1 amide bonds. The lowest BCUT2D eigenvalue weighted by atomic mass is 9.92. The van der Waals surface area contributed by atoms with Crippen LogP contribution >= 0.6 is 11.6 Å². The Bertz CT molecular complexity index is 391. The molecule has 0 aliphatic heterocycles. The average Bonchev–Trinajstić information content (AvgIpc) is 2.30. The van der Waals surface area contributed by atoms with Gasteiger partial charge < -0.3 is 10.6 Å². The monoisotopic (exact) mass is 254 g/mol. The number of benzene rings is 1. The maximum atomic E-state index is 11.6. The Labute approximate surface area is 108 Å². The third-order valence-electron chi connectivity index (χ3n) is 2.68. The largest absolute Gasteiger partial charge is 0.359 e. The van der Waals surface area contributed by atoms with Crippen LogP contribution in [0, 0.1) is 5.41 Å². The number of nitrogens with one attached hydrogen (secondary N) is 2. The summed E-state index contributed by atoms with van der Waals surface area (Å²) in [5.74, 6) is 0.0316. The first-order chi connectivity index (χ1) is 7.97. The zero-order valence-electron chi connectivity index (χ0n) is 10.5. The van der Waals surface area contributed by atoms with Crippen LogP contribution in [0.3, 0.4) is 0 Å². The van der Waals surface area contributed by atoms with Gasteiger partial charge in [-0.1, -0.05) is 29.8 Å². The predicted octanol–water partition coefficient (Wildman–Crippen LogP) is 2.20. The molecule has 0 bridgehead atoms. The lowest BCUT2D eigenvalue weighted by Crippen LogP contribution is -2.41. The van der Waals surface area contributed by atoms with Crippen LogP contribution in [0.25, 0.3) is 0 Å². The first-order valence-corrected chi connectivity index (χ1v) is 6.01. The van der Waals surface area contributed by atoms with Gasteiger partial charge in [0.05, 0.1) is 5.41 Å². The van der Waals surface area contributed by atoms with Crippen LogP contribution in [0.1, 0.15) is 19.4 Å². The van der Waals surface area contributed by atoms with E-state index in [1.54, 1.807) is 7.05 Å². The molecule has 1 aromatic carbocycles. The van der Waals surface area contributed by atoms with E-state index in [0.717, 1.165) is 10.6 Å². The van der Waals surface area contributed by atoms with E-state index in [2.05, 4.69) is 10.6 Å². The molecule has 3 nitrogen and oxygen atoms in total. The molecule has 0 heterocycles. The topological polar surface area (TPSA) is 41.1 Å². The SMILES string of the molecule is CNC(=O)C(C)(C)CNCc1ccccc1Cl. The summed E-state index contributed by atoms with van der Waals surface area (Å²) < 4.78 is 0. The summed E-state index contributed by atoms with van der Waals surface area (Å²) in [5.41, 5.74) is 0.623. The number of hydrogen-bond acceptors (Lipinski definition) is 2. The van der Waals surface area contributed by atoms with Crippen molar-refractivity contribution in [2.24, 2.45) is 5.41 Å². The lowest BCUT2D eigenvalue weighted by molar-refractivity contribution is -0.128. The van der Waals surface area contributed by atoms with E-state index in [4.69, 9.17) is 11.6 Å². The number of hydrogen-bond donors (Lipinski definition) is 2. The number of carbonyl (C=O) groups is 1. The maximum absolute atomic E-state index is 11.6. The summed E-state index contributed by atoms with van der Waals surface area (Å²) >= 11 is 6.04. The molecular formula is C13H19ClN2O. The van der Waals surface area contributed by atoms with E-state index < -0.39 is 5.41 Å². The quantitative estimate of drug-likeness (QED) is 0.846. The summed E-state index contributed by atoms with van der Waals surface area (Å²) in [6, 6.07) is 7.69. The van der Waals surface area contributed by atoms with Crippen LogP contribution in [0.15, 0.2) is 24.3 Å². The maximum Gasteiger partial charge on any atom is 0.226 e. The summed E-state index contributed by atoms with van der Waals surface area (Å²) in [4.78, 5) is 11.6. The summed E-state index contributed by atoms with van der Waals surface area (Å²) in [6.45, 7) is 5.09. The van der Waals surface area contributed by atoms with Crippen molar-refractivity contribution in [3.63, 3.8) is 0 Å². The minimum absolute atomic E-state index is 0.0316. The standard InChI is InChI=1S/C13H19ClN2O/c1-13(2,12(17)15-3)9-16-8-10-6-4-5-7-11(10)14/h4-7,16H,8-9H2,1-3H3,(H,15,17). The Morgan fingerprint density at radius 3 is 2.59 bits per heavy atom. The summed E-state index contributed by atoms with van der Waals surface area (Å²) in [5, 5.41) is 6.66. The molecule has 0 aliphatic rings. The molecule has 0 radical (unpaired) electrons. The van der Waals surface area contributed by atoms with Crippen molar-refractivity contribution in [3.8, 4) is 0 Å². The van der Waals surface area contributed by atoms with Crippen molar-refractivity contribution >= 4 is 17.5 Å². The lowest BCUT2D eigenvalue weighted by Gasteiger charge is -2.23. The van der Waals surface area contributed by atoms with Gasteiger partial charge in [0.25, 0.3) is 0 Å². The molecule has 0 saturated heterocycles. The van der Waals surface area contributed by atoms with E-state index in [0.29, 0.717) is 13.1 Å². The van der Waals surface area contributed by atoms with E-state index in [1.165, 1.54) is 0 Å². The molecule has 94 valence electrons. The van der Waals surface area contributed by atoms with Gasteiger partial charge in [-0.25, -0.2) is 0 Å². The van der Waals surface area contributed by atoms with E-state index in [9.17, 15) is 4.79 Å². The highest BCUT2D eigenvalue weighted by Crippen LogP contribution is 2.16. The molecular weight excluding hydrogens is 236 g/mol. The van der Waals surface area contributed by atoms with Gasteiger partial charge in [0.1, 0.15) is 0 Å². The van der Waals surface area contributed by atoms with Gasteiger partial charge in [0, 0.05) is 25.2 Å². The van der Waals surface area contributed by atoms with Gasteiger partial charge in [0.2, 0.25) is 5.91 Å². The van der Waals surface area contributed by atoms with E-state index >= 15 is 0 Å². The van der Waals surface area contributed by atoms with Gasteiger partial charge in [0.15, 0.2) is 0 Å². The Hall–Kier alpha value is -1.06. The second-order valence-corrected chi connectivity index (χ2v) is 5.07. The Balaban J connectivity index is 2.48. The number of halogens is 1. The second-order valence-electron chi connectivity index (χ2n) is 4.66.